The van der Waals surface area contributed by atoms with Gasteiger partial charge in [0, 0.05) is 5.69 Å². The number of nitriles is 1. The fourth-order valence-corrected chi connectivity index (χ4v) is 2.71. The van der Waals surface area contributed by atoms with Crippen LogP contribution in [0.1, 0.15) is 16.7 Å². The van der Waals surface area contributed by atoms with Gasteiger partial charge in [-0.2, -0.15) is 18.4 Å². The van der Waals surface area contributed by atoms with Gasteiger partial charge < -0.3 is 15.2 Å². The Kier molecular flexibility index (Phi) is 6.89. The van der Waals surface area contributed by atoms with Gasteiger partial charge in [0.25, 0.3) is 0 Å². The van der Waals surface area contributed by atoms with E-state index >= 15 is 0 Å². The number of rotatable bonds is 7. The Morgan fingerprint density at radius 3 is 2.46 bits per heavy atom. The molecule has 0 fully saturated rings. The predicted molar refractivity (Wildman–Crippen MR) is 97.0 cm³/mol. The Morgan fingerprint density at radius 1 is 1.29 bits per heavy atom. The van der Waals surface area contributed by atoms with Gasteiger partial charge in [-0.15, -0.1) is 0 Å². The molecule has 0 radical (unpaired) electrons. The first-order chi connectivity index (χ1) is 13.1. The maximum atomic E-state index is 13.5. The maximum Gasteiger partial charge on any atom is 0.417 e. The minimum absolute atomic E-state index is 0.0328. The van der Waals surface area contributed by atoms with Gasteiger partial charge in [-0.1, -0.05) is 41.9 Å². The number of carbonyl (C=O) groups is 1. The molecule has 9 heteroatoms. The number of anilines is 1. The predicted octanol–water partition coefficient (Wildman–Crippen LogP) is 4.53. The van der Waals surface area contributed by atoms with Crippen molar-refractivity contribution in [2.24, 2.45) is 0 Å². The molecule has 0 aromatic heterocycles. The third-order valence-corrected chi connectivity index (χ3v) is 4.47. The third kappa shape index (κ3) is 5.15. The van der Waals surface area contributed by atoms with Crippen molar-refractivity contribution in [3.05, 3.63) is 64.2 Å². The Balaban J connectivity index is 2.31. The number of aliphatic carboxylic acids is 1. The van der Waals surface area contributed by atoms with Gasteiger partial charge in [-0.05, 0) is 30.2 Å². The van der Waals surface area contributed by atoms with Crippen LogP contribution < -0.4 is 5.32 Å². The van der Waals surface area contributed by atoms with Crippen molar-refractivity contribution in [2.45, 2.75) is 31.9 Å². The highest BCUT2D eigenvalue weighted by Crippen LogP contribution is 2.31. The molecule has 0 bridgehead atoms. The molecule has 2 atom stereocenters. The largest absolute Gasteiger partial charge is 0.480 e. The van der Waals surface area contributed by atoms with E-state index in [2.05, 4.69) is 5.32 Å². The second kappa shape index (κ2) is 8.95. The molecule has 0 heterocycles. The first-order valence-electron chi connectivity index (χ1n) is 8.06. The first kappa shape index (κ1) is 21.5. The lowest BCUT2D eigenvalue weighted by molar-refractivity contribution is -0.229. The zero-order valence-electron chi connectivity index (χ0n) is 14.6. The number of hydrogen-bond donors (Lipinski definition) is 2. The summed E-state index contributed by atoms with van der Waals surface area (Å²) >= 11 is 6.01. The lowest BCUT2D eigenvalue weighted by Gasteiger charge is -2.28. The number of carboxylic acid groups (broad SMARTS) is 1. The fraction of sp³-hybridized carbons (Fsp3) is 0.263. The van der Waals surface area contributed by atoms with Gasteiger partial charge >= 0.3 is 12.1 Å². The number of halogens is 4. The van der Waals surface area contributed by atoms with E-state index < -0.39 is 30.9 Å². The minimum Gasteiger partial charge on any atom is -0.480 e. The van der Waals surface area contributed by atoms with Crippen molar-refractivity contribution < 1.29 is 27.8 Å². The molecule has 0 amide bonds. The average Bonchev–Trinajstić information content (AvgIpc) is 2.64. The van der Waals surface area contributed by atoms with Crippen LogP contribution in [0.2, 0.25) is 5.02 Å². The summed E-state index contributed by atoms with van der Waals surface area (Å²) < 4.78 is 45.6. The van der Waals surface area contributed by atoms with Gasteiger partial charge in [-0.25, -0.2) is 4.79 Å². The highest BCUT2D eigenvalue weighted by molar-refractivity contribution is 6.32. The monoisotopic (exact) mass is 412 g/mol. The van der Waals surface area contributed by atoms with Crippen LogP contribution >= 0.6 is 11.6 Å². The van der Waals surface area contributed by atoms with Crippen LogP contribution in [0.3, 0.4) is 0 Å². The molecule has 2 aromatic rings. The summed E-state index contributed by atoms with van der Waals surface area (Å²) in [6.07, 6.45) is -7.55. The summed E-state index contributed by atoms with van der Waals surface area (Å²) in [6, 6.07) is 10.4. The quantitative estimate of drug-likeness (QED) is 0.698. The number of alkyl halides is 3. The zero-order chi connectivity index (χ0) is 20.9. The summed E-state index contributed by atoms with van der Waals surface area (Å²) in [5.74, 6) is -1.74. The van der Waals surface area contributed by atoms with Gasteiger partial charge in [0.05, 0.1) is 17.2 Å². The van der Waals surface area contributed by atoms with Crippen molar-refractivity contribution in [3.8, 4) is 6.07 Å². The molecule has 0 aliphatic rings. The Bertz CT molecular complexity index is 882. The second-order valence-corrected chi connectivity index (χ2v) is 6.31. The SMILES string of the molecule is Cc1c(N[C@@H](C(=O)O)[C@H](OCc2ccccc2)C(F)(F)F)ccc(C#N)c1Cl. The standard InChI is InChI=1S/C19H16ClF3N2O3/c1-11-14(8-7-13(9-24)15(11)20)25-16(18(26)27)17(19(21,22)23)28-10-12-5-3-2-4-6-12/h2-8,16-17,25H,10H2,1H3,(H,26,27)/t16-,17+/m1/s1. The van der Waals surface area contributed by atoms with Crippen molar-refractivity contribution in [1.82, 2.24) is 0 Å². The molecule has 2 aromatic carbocycles. The van der Waals surface area contributed by atoms with Crippen molar-refractivity contribution in [3.63, 3.8) is 0 Å². The van der Waals surface area contributed by atoms with Gasteiger partial charge in [-0.3, -0.25) is 0 Å². The normalized spacial score (nSPS) is 13.4. The molecule has 0 aliphatic heterocycles. The number of nitrogens with one attached hydrogen (secondary N) is 1. The molecule has 0 aliphatic carbocycles. The summed E-state index contributed by atoms with van der Waals surface area (Å²) in [4.78, 5) is 11.6. The van der Waals surface area contributed by atoms with Crippen LogP contribution in [0.15, 0.2) is 42.5 Å². The average molecular weight is 413 g/mol. The molecule has 28 heavy (non-hydrogen) atoms. The number of hydrogen-bond acceptors (Lipinski definition) is 4. The van der Waals surface area contributed by atoms with Gasteiger partial charge in [0.1, 0.15) is 6.07 Å². The highest BCUT2D eigenvalue weighted by atomic mass is 35.5. The molecular weight excluding hydrogens is 397 g/mol. The van der Waals surface area contributed by atoms with Gasteiger partial charge in [0.2, 0.25) is 0 Å². The summed E-state index contributed by atoms with van der Waals surface area (Å²) in [6.45, 7) is 1.06. The fourth-order valence-electron chi connectivity index (χ4n) is 2.50. The molecule has 2 N–H and O–H groups in total. The minimum atomic E-state index is -4.94. The molecule has 0 spiro atoms. The van der Waals surface area contributed by atoms with E-state index in [1.54, 1.807) is 30.3 Å². The lowest BCUT2D eigenvalue weighted by atomic mass is 10.1. The van der Waals surface area contributed by atoms with Gasteiger partial charge in [0.15, 0.2) is 12.1 Å². The molecule has 5 nitrogen and oxygen atoms in total. The number of ether oxygens (including phenoxy) is 1. The van der Waals surface area contributed by atoms with Crippen molar-refractivity contribution >= 4 is 23.3 Å². The third-order valence-electron chi connectivity index (χ3n) is 3.98. The second-order valence-electron chi connectivity index (χ2n) is 5.93. The van der Waals surface area contributed by atoms with Crippen LogP contribution in [0, 0.1) is 18.3 Å². The topological polar surface area (TPSA) is 82.3 Å². The van der Waals surface area contributed by atoms with Crippen LogP contribution in [-0.4, -0.2) is 29.4 Å². The van der Waals surface area contributed by atoms with E-state index in [1.165, 1.54) is 19.1 Å². The molecule has 2 rings (SSSR count). The van der Waals surface area contributed by atoms with E-state index in [0.29, 0.717) is 5.56 Å². The van der Waals surface area contributed by atoms with Crippen LogP contribution in [-0.2, 0) is 16.1 Å². The molecule has 148 valence electrons. The Labute approximate surface area is 164 Å². The van der Waals surface area contributed by atoms with E-state index in [0.717, 1.165) is 0 Å². The lowest BCUT2D eigenvalue weighted by Crippen LogP contribution is -2.50. The zero-order valence-corrected chi connectivity index (χ0v) is 15.4. The van der Waals surface area contributed by atoms with E-state index in [4.69, 9.17) is 21.6 Å². The molecule has 0 saturated carbocycles. The van der Waals surface area contributed by atoms with E-state index in [1.807, 2.05) is 6.07 Å². The molecule has 0 saturated heterocycles. The molecular formula is C19H16ClF3N2O3. The molecule has 0 unspecified atom stereocenters. The number of carboxylic acids is 1. The van der Waals surface area contributed by atoms with E-state index in [-0.39, 0.29) is 21.8 Å². The first-order valence-corrected chi connectivity index (χ1v) is 8.43. The number of nitrogens with zero attached hydrogens (tertiary/aromatic N) is 1. The van der Waals surface area contributed by atoms with E-state index in [9.17, 15) is 23.1 Å². The number of benzene rings is 2. The maximum absolute atomic E-state index is 13.5. The van der Waals surface area contributed by atoms with Crippen molar-refractivity contribution in [1.29, 1.82) is 5.26 Å². The summed E-state index contributed by atoms with van der Waals surface area (Å²) in [5, 5.41) is 20.7. The van der Waals surface area contributed by atoms with Crippen molar-refractivity contribution in [2.75, 3.05) is 5.32 Å². The summed E-state index contributed by atoms with van der Waals surface area (Å²) in [5.41, 5.74) is 0.924. The van der Waals surface area contributed by atoms with Crippen LogP contribution in [0.4, 0.5) is 18.9 Å². The Hall–Kier alpha value is -2.76. The van der Waals surface area contributed by atoms with Crippen LogP contribution in [0.25, 0.3) is 0 Å². The Morgan fingerprint density at radius 2 is 1.93 bits per heavy atom. The smallest absolute Gasteiger partial charge is 0.417 e. The summed E-state index contributed by atoms with van der Waals surface area (Å²) in [7, 11) is 0. The highest BCUT2D eigenvalue weighted by Gasteiger charge is 2.49. The van der Waals surface area contributed by atoms with Crippen LogP contribution in [0.5, 0.6) is 0 Å².